The minimum absolute atomic E-state index is 0.0700. The summed E-state index contributed by atoms with van der Waals surface area (Å²) in [5, 5.41) is 14.6. The zero-order chi connectivity index (χ0) is 32.6. The predicted octanol–water partition coefficient (Wildman–Crippen LogP) is 5.83. The van der Waals surface area contributed by atoms with Crippen molar-refractivity contribution in [3.8, 4) is 28.3 Å². The third-order valence-corrected chi connectivity index (χ3v) is 7.33. The summed E-state index contributed by atoms with van der Waals surface area (Å²) >= 11 is 0. The summed E-state index contributed by atoms with van der Waals surface area (Å²) in [5.41, 5.74) is 4.83. The zero-order valence-corrected chi connectivity index (χ0v) is 26.3. The van der Waals surface area contributed by atoms with Crippen molar-refractivity contribution < 1.29 is 24.2 Å². The highest BCUT2D eigenvalue weighted by molar-refractivity contribution is 5.98. The number of benzene rings is 3. The quantitative estimate of drug-likeness (QED) is 0.185. The lowest BCUT2D eigenvalue weighted by molar-refractivity contribution is -0.141. The third kappa shape index (κ3) is 8.98. The second-order valence-electron chi connectivity index (χ2n) is 12.0. The third-order valence-electron chi connectivity index (χ3n) is 7.33. The number of rotatable bonds is 12. The standard InChI is InChI=1S/C36H40N4O5/c1-6-19-45-30-17-13-25(14-18-30)28-21-37-32(38-22-28)26-9-7-24(8-10-26)20-31(34(42)39-23(2)35(43)44)40-33(41)27-11-15-29(16-12-27)36(3,4)5/h7-18,21-23,31H,6,19-20H2,1-5H3,(H,39,42)(H,40,41)(H,43,44). The van der Waals surface area contributed by atoms with Crippen molar-refractivity contribution in [3.05, 3.63) is 102 Å². The van der Waals surface area contributed by atoms with E-state index in [-0.39, 0.29) is 11.8 Å². The predicted molar refractivity (Wildman–Crippen MR) is 174 cm³/mol. The lowest BCUT2D eigenvalue weighted by Crippen LogP contribution is -2.51. The number of carboxylic acid groups (broad SMARTS) is 1. The van der Waals surface area contributed by atoms with Crippen LogP contribution in [0.3, 0.4) is 0 Å². The number of nitrogens with zero attached hydrogens (tertiary/aromatic N) is 2. The molecule has 9 heteroatoms. The molecule has 4 rings (SSSR count). The van der Waals surface area contributed by atoms with Gasteiger partial charge in [0, 0.05) is 35.5 Å². The van der Waals surface area contributed by atoms with Gasteiger partial charge in [-0.1, -0.05) is 76.2 Å². The SMILES string of the molecule is CCCOc1ccc(-c2cnc(-c3ccc(CC(NC(=O)c4ccc(C(C)(C)C)cc4)C(=O)NC(C)C(=O)O)cc3)nc2)cc1. The van der Waals surface area contributed by atoms with Gasteiger partial charge in [-0.25, -0.2) is 9.97 Å². The van der Waals surface area contributed by atoms with E-state index in [2.05, 4.69) is 48.3 Å². The number of aromatic nitrogens is 2. The molecule has 0 saturated heterocycles. The number of carbonyl (C=O) groups is 3. The van der Waals surface area contributed by atoms with Crippen LogP contribution in [0.15, 0.2) is 85.2 Å². The van der Waals surface area contributed by atoms with E-state index in [4.69, 9.17) is 4.74 Å². The summed E-state index contributed by atoms with van der Waals surface area (Å²) in [5.74, 6) is -0.808. The first kappa shape index (κ1) is 32.9. The van der Waals surface area contributed by atoms with Crippen LogP contribution in [0.5, 0.6) is 5.75 Å². The molecule has 1 heterocycles. The van der Waals surface area contributed by atoms with Gasteiger partial charge in [-0.3, -0.25) is 14.4 Å². The molecule has 0 radical (unpaired) electrons. The molecule has 2 atom stereocenters. The van der Waals surface area contributed by atoms with Crippen LogP contribution in [-0.2, 0) is 21.4 Å². The maximum Gasteiger partial charge on any atom is 0.325 e. The molecule has 0 bridgehead atoms. The summed E-state index contributed by atoms with van der Waals surface area (Å²) in [4.78, 5) is 46.7. The molecule has 0 spiro atoms. The highest BCUT2D eigenvalue weighted by Gasteiger charge is 2.25. The number of aliphatic carboxylic acids is 1. The van der Waals surface area contributed by atoms with Crippen LogP contribution < -0.4 is 15.4 Å². The average Bonchev–Trinajstić information content (AvgIpc) is 3.03. The highest BCUT2D eigenvalue weighted by atomic mass is 16.5. The summed E-state index contributed by atoms with van der Waals surface area (Å²) < 4.78 is 5.65. The van der Waals surface area contributed by atoms with Gasteiger partial charge in [0.1, 0.15) is 17.8 Å². The fourth-order valence-electron chi connectivity index (χ4n) is 4.56. The molecule has 0 aliphatic heterocycles. The van der Waals surface area contributed by atoms with E-state index >= 15 is 0 Å². The van der Waals surface area contributed by atoms with Gasteiger partial charge >= 0.3 is 5.97 Å². The van der Waals surface area contributed by atoms with Crippen molar-refractivity contribution in [2.24, 2.45) is 0 Å². The fraction of sp³-hybridized carbons (Fsp3) is 0.306. The summed E-state index contributed by atoms with van der Waals surface area (Å²) in [6.07, 6.45) is 4.64. The van der Waals surface area contributed by atoms with E-state index in [1.807, 2.05) is 60.7 Å². The van der Waals surface area contributed by atoms with Crippen molar-refractivity contribution >= 4 is 17.8 Å². The first-order valence-electron chi connectivity index (χ1n) is 15.0. The molecular formula is C36H40N4O5. The van der Waals surface area contributed by atoms with Crippen LogP contribution in [-0.4, -0.2) is 51.5 Å². The maximum atomic E-state index is 13.1. The fourth-order valence-corrected chi connectivity index (χ4v) is 4.56. The normalized spacial score (nSPS) is 12.6. The van der Waals surface area contributed by atoms with Gasteiger partial charge in [0.15, 0.2) is 5.82 Å². The second kappa shape index (κ2) is 14.6. The van der Waals surface area contributed by atoms with Crippen LogP contribution in [0.25, 0.3) is 22.5 Å². The topological polar surface area (TPSA) is 131 Å². The summed E-state index contributed by atoms with van der Waals surface area (Å²) in [6.45, 7) is 10.4. The lowest BCUT2D eigenvalue weighted by atomic mass is 9.86. The average molecular weight is 609 g/mol. The number of hydrogen-bond acceptors (Lipinski definition) is 6. The number of ether oxygens (including phenoxy) is 1. The van der Waals surface area contributed by atoms with Gasteiger partial charge < -0.3 is 20.5 Å². The summed E-state index contributed by atoms with van der Waals surface area (Å²) in [6, 6.07) is 20.3. The Balaban J connectivity index is 1.47. The Bertz CT molecular complexity index is 1590. The molecule has 9 nitrogen and oxygen atoms in total. The van der Waals surface area contributed by atoms with E-state index < -0.39 is 29.9 Å². The van der Waals surface area contributed by atoms with Crippen LogP contribution in [0.1, 0.15) is 62.5 Å². The molecule has 0 saturated carbocycles. The number of amides is 2. The second-order valence-corrected chi connectivity index (χ2v) is 12.0. The zero-order valence-electron chi connectivity index (χ0n) is 26.3. The minimum Gasteiger partial charge on any atom is -0.494 e. The Labute approximate surface area is 264 Å². The van der Waals surface area contributed by atoms with E-state index in [0.717, 1.165) is 40.0 Å². The molecule has 0 fully saturated rings. The number of carbonyl (C=O) groups excluding carboxylic acids is 2. The molecule has 3 aromatic carbocycles. The van der Waals surface area contributed by atoms with E-state index in [1.54, 1.807) is 24.5 Å². The first-order chi connectivity index (χ1) is 21.4. The smallest absolute Gasteiger partial charge is 0.325 e. The largest absolute Gasteiger partial charge is 0.494 e. The van der Waals surface area contributed by atoms with E-state index in [0.29, 0.717) is 18.0 Å². The van der Waals surface area contributed by atoms with E-state index in [9.17, 15) is 19.5 Å². The van der Waals surface area contributed by atoms with Crippen LogP contribution >= 0.6 is 0 Å². The number of nitrogens with one attached hydrogen (secondary N) is 2. The minimum atomic E-state index is -1.17. The molecule has 0 aliphatic carbocycles. The molecular weight excluding hydrogens is 568 g/mol. The Hall–Kier alpha value is -5.05. The van der Waals surface area contributed by atoms with Gasteiger partial charge in [-0.05, 0) is 59.7 Å². The Morgan fingerprint density at radius 1 is 0.822 bits per heavy atom. The number of carboxylic acids is 1. The lowest BCUT2D eigenvalue weighted by Gasteiger charge is -2.21. The Morgan fingerprint density at radius 3 is 1.98 bits per heavy atom. The first-order valence-corrected chi connectivity index (χ1v) is 15.0. The molecule has 0 aliphatic rings. The van der Waals surface area contributed by atoms with E-state index in [1.165, 1.54) is 6.92 Å². The molecule has 234 valence electrons. The molecule has 1 aromatic heterocycles. The van der Waals surface area contributed by atoms with Gasteiger partial charge in [0.05, 0.1) is 6.61 Å². The van der Waals surface area contributed by atoms with Crippen molar-refractivity contribution in [1.82, 2.24) is 20.6 Å². The van der Waals surface area contributed by atoms with Crippen molar-refractivity contribution in [2.45, 2.75) is 65.0 Å². The van der Waals surface area contributed by atoms with Crippen LogP contribution in [0, 0.1) is 0 Å². The Kier molecular flexibility index (Phi) is 10.7. The van der Waals surface area contributed by atoms with Crippen LogP contribution in [0.2, 0.25) is 0 Å². The molecule has 45 heavy (non-hydrogen) atoms. The molecule has 3 N–H and O–H groups in total. The van der Waals surface area contributed by atoms with Crippen molar-refractivity contribution in [1.29, 1.82) is 0 Å². The number of hydrogen-bond donors (Lipinski definition) is 3. The maximum absolute atomic E-state index is 13.1. The monoisotopic (exact) mass is 608 g/mol. The van der Waals surface area contributed by atoms with Crippen molar-refractivity contribution in [3.63, 3.8) is 0 Å². The summed E-state index contributed by atoms with van der Waals surface area (Å²) in [7, 11) is 0. The molecule has 2 unspecified atom stereocenters. The highest BCUT2D eigenvalue weighted by Crippen LogP contribution is 2.24. The Morgan fingerprint density at radius 2 is 1.42 bits per heavy atom. The van der Waals surface area contributed by atoms with Gasteiger partial charge in [0.2, 0.25) is 5.91 Å². The molecule has 4 aromatic rings. The van der Waals surface area contributed by atoms with Gasteiger partial charge in [-0.15, -0.1) is 0 Å². The molecule has 2 amide bonds. The van der Waals surface area contributed by atoms with Gasteiger partial charge in [-0.2, -0.15) is 0 Å². The van der Waals surface area contributed by atoms with Gasteiger partial charge in [0.25, 0.3) is 5.91 Å². The van der Waals surface area contributed by atoms with Crippen molar-refractivity contribution in [2.75, 3.05) is 6.61 Å². The van der Waals surface area contributed by atoms with Crippen LogP contribution in [0.4, 0.5) is 0 Å².